The highest BCUT2D eigenvalue weighted by atomic mass is 32.1. The highest BCUT2D eigenvalue weighted by Crippen LogP contribution is 2.45. The molecule has 1 aliphatic carbocycles. The Labute approximate surface area is 106 Å². The van der Waals surface area contributed by atoms with Gasteiger partial charge in [0.05, 0.1) is 0 Å². The van der Waals surface area contributed by atoms with Crippen molar-refractivity contribution in [2.24, 2.45) is 0 Å². The Bertz CT molecular complexity index is 588. The van der Waals surface area contributed by atoms with Crippen molar-refractivity contribution in [1.29, 1.82) is 0 Å². The number of rotatable bonds is 2. The maximum absolute atomic E-state index is 4.16. The average Bonchev–Trinajstić information content (AvgIpc) is 2.95. The number of thiophene rings is 1. The summed E-state index contributed by atoms with van der Waals surface area (Å²) in [6, 6.07) is 10.8. The van der Waals surface area contributed by atoms with E-state index < -0.39 is 0 Å². The first-order valence-corrected chi connectivity index (χ1v) is 6.70. The van der Waals surface area contributed by atoms with Crippen LogP contribution in [0.15, 0.2) is 53.2 Å². The van der Waals surface area contributed by atoms with Crippen molar-refractivity contribution < 1.29 is 0 Å². The summed E-state index contributed by atoms with van der Waals surface area (Å²) in [4.78, 5) is 0. The smallest absolute Gasteiger partial charge is 0.0306 e. The van der Waals surface area contributed by atoms with E-state index in [-0.39, 0.29) is 0 Å². The fourth-order valence-electron chi connectivity index (χ4n) is 2.53. The van der Waals surface area contributed by atoms with Gasteiger partial charge in [-0.25, -0.2) is 0 Å². The molecule has 0 radical (unpaired) electrons. The van der Waals surface area contributed by atoms with E-state index in [1.54, 1.807) is 11.3 Å². The van der Waals surface area contributed by atoms with E-state index >= 15 is 0 Å². The number of benzene rings is 1. The highest BCUT2D eigenvalue weighted by molar-refractivity contribution is 7.08. The number of hydrogen-bond donors (Lipinski definition) is 0. The predicted molar refractivity (Wildman–Crippen MR) is 76.2 cm³/mol. The van der Waals surface area contributed by atoms with Gasteiger partial charge in [0.25, 0.3) is 0 Å². The lowest BCUT2D eigenvalue weighted by atomic mass is 9.87. The Morgan fingerprint density at radius 1 is 1.24 bits per heavy atom. The van der Waals surface area contributed by atoms with Crippen molar-refractivity contribution >= 4 is 23.0 Å². The van der Waals surface area contributed by atoms with Crippen LogP contribution in [0.1, 0.15) is 29.5 Å². The summed E-state index contributed by atoms with van der Waals surface area (Å²) in [5, 5.41) is 4.35. The molecule has 0 amide bonds. The van der Waals surface area contributed by atoms with Crippen LogP contribution < -0.4 is 0 Å². The van der Waals surface area contributed by atoms with E-state index in [1.807, 2.05) is 0 Å². The van der Waals surface area contributed by atoms with Crippen molar-refractivity contribution in [3.05, 3.63) is 69.9 Å². The number of allylic oxidation sites excluding steroid dienone is 2. The molecule has 0 aliphatic heterocycles. The molecular formula is C16H14S. The Morgan fingerprint density at radius 2 is 2.06 bits per heavy atom. The molecule has 3 rings (SSSR count). The van der Waals surface area contributed by atoms with Gasteiger partial charge in [0, 0.05) is 5.92 Å². The molecule has 17 heavy (non-hydrogen) atoms. The fourth-order valence-corrected chi connectivity index (χ4v) is 3.20. The van der Waals surface area contributed by atoms with Gasteiger partial charge in [-0.05, 0) is 52.1 Å². The lowest BCUT2D eigenvalue weighted by molar-refractivity contribution is 1.04. The molecule has 0 bridgehead atoms. The van der Waals surface area contributed by atoms with Crippen LogP contribution in [-0.4, -0.2) is 0 Å². The first kappa shape index (κ1) is 10.5. The second kappa shape index (κ2) is 4.01. The molecule has 1 unspecified atom stereocenters. The van der Waals surface area contributed by atoms with Crippen LogP contribution in [0.3, 0.4) is 0 Å². The van der Waals surface area contributed by atoms with Crippen molar-refractivity contribution in [3.63, 3.8) is 0 Å². The van der Waals surface area contributed by atoms with Gasteiger partial charge in [-0.15, -0.1) is 0 Å². The lowest BCUT2D eigenvalue weighted by Gasteiger charge is -2.16. The van der Waals surface area contributed by atoms with E-state index in [0.29, 0.717) is 5.92 Å². The fraction of sp³-hybridized carbons (Fsp3) is 0.125. The lowest BCUT2D eigenvalue weighted by Crippen LogP contribution is -1.98. The van der Waals surface area contributed by atoms with Gasteiger partial charge in [0.2, 0.25) is 0 Å². The first-order valence-electron chi connectivity index (χ1n) is 5.76. The van der Waals surface area contributed by atoms with E-state index in [4.69, 9.17) is 0 Å². The summed E-state index contributed by atoms with van der Waals surface area (Å²) in [5.41, 5.74) is 6.66. The van der Waals surface area contributed by atoms with Crippen LogP contribution in [0.4, 0.5) is 0 Å². The molecule has 0 saturated carbocycles. The van der Waals surface area contributed by atoms with Gasteiger partial charge < -0.3 is 0 Å². The molecule has 0 saturated heterocycles. The van der Waals surface area contributed by atoms with Crippen LogP contribution in [0.5, 0.6) is 0 Å². The summed E-state index contributed by atoms with van der Waals surface area (Å²) < 4.78 is 0. The summed E-state index contributed by atoms with van der Waals surface area (Å²) in [5.74, 6) is 0.362. The SMILES string of the molecule is C=C(C)C1C(c2ccsc2)=Cc2ccccc21. The van der Waals surface area contributed by atoms with E-state index in [0.717, 1.165) is 0 Å². The molecule has 84 valence electrons. The highest BCUT2D eigenvalue weighted by Gasteiger charge is 2.26. The molecule has 0 fully saturated rings. The van der Waals surface area contributed by atoms with Crippen LogP contribution in [0.25, 0.3) is 11.6 Å². The van der Waals surface area contributed by atoms with Gasteiger partial charge in [-0.3, -0.25) is 0 Å². The molecule has 1 aliphatic rings. The predicted octanol–water partition coefficient (Wildman–Crippen LogP) is 4.96. The van der Waals surface area contributed by atoms with E-state index in [2.05, 4.69) is 60.7 Å². The third-order valence-electron chi connectivity index (χ3n) is 3.28. The molecule has 1 heterocycles. The third kappa shape index (κ3) is 1.67. The molecule has 1 heteroatoms. The van der Waals surface area contributed by atoms with Crippen LogP contribution in [0.2, 0.25) is 0 Å². The van der Waals surface area contributed by atoms with Crippen molar-refractivity contribution in [3.8, 4) is 0 Å². The van der Waals surface area contributed by atoms with Crippen molar-refractivity contribution in [2.45, 2.75) is 12.8 Å². The minimum absolute atomic E-state index is 0.362. The standard InChI is InChI=1S/C16H14S/c1-11(2)16-14-6-4-3-5-12(14)9-15(16)13-7-8-17-10-13/h3-10,16H,1H2,2H3. The third-order valence-corrected chi connectivity index (χ3v) is 3.96. The van der Waals surface area contributed by atoms with E-state index in [9.17, 15) is 0 Å². The Balaban J connectivity index is 2.16. The second-order valence-corrected chi connectivity index (χ2v) is 5.30. The zero-order valence-electron chi connectivity index (χ0n) is 9.81. The monoisotopic (exact) mass is 238 g/mol. The summed E-state index contributed by atoms with van der Waals surface area (Å²) >= 11 is 1.75. The molecule has 1 aromatic carbocycles. The van der Waals surface area contributed by atoms with Crippen molar-refractivity contribution in [2.75, 3.05) is 0 Å². The van der Waals surface area contributed by atoms with Crippen molar-refractivity contribution in [1.82, 2.24) is 0 Å². The van der Waals surface area contributed by atoms with Gasteiger partial charge in [-0.2, -0.15) is 11.3 Å². The normalized spacial score (nSPS) is 17.7. The minimum Gasteiger partial charge on any atom is -0.152 e. The number of hydrogen-bond acceptors (Lipinski definition) is 1. The molecule has 0 spiro atoms. The van der Waals surface area contributed by atoms with Crippen LogP contribution in [-0.2, 0) is 0 Å². The minimum atomic E-state index is 0.362. The van der Waals surface area contributed by atoms with Gasteiger partial charge in [0.1, 0.15) is 0 Å². The molecule has 0 N–H and O–H groups in total. The zero-order chi connectivity index (χ0) is 11.8. The quantitative estimate of drug-likeness (QED) is 0.648. The Morgan fingerprint density at radius 3 is 2.76 bits per heavy atom. The van der Waals surface area contributed by atoms with Crippen LogP contribution in [0, 0.1) is 0 Å². The molecule has 1 aromatic heterocycles. The summed E-state index contributed by atoms with van der Waals surface area (Å²) in [6.45, 7) is 6.28. The van der Waals surface area contributed by atoms with Gasteiger partial charge in [0.15, 0.2) is 0 Å². The van der Waals surface area contributed by atoms with Crippen LogP contribution >= 0.6 is 11.3 Å². The first-order chi connectivity index (χ1) is 8.27. The topological polar surface area (TPSA) is 0 Å². The molecule has 0 nitrogen and oxygen atoms in total. The molecular weight excluding hydrogens is 224 g/mol. The Kier molecular flexibility index (Phi) is 2.49. The van der Waals surface area contributed by atoms with Gasteiger partial charge in [-0.1, -0.05) is 36.4 Å². The Hall–Kier alpha value is -1.60. The average molecular weight is 238 g/mol. The second-order valence-electron chi connectivity index (χ2n) is 4.52. The maximum atomic E-state index is 4.16. The van der Waals surface area contributed by atoms with E-state index in [1.165, 1.54) is 27.8 Å². The molecule has 2 aromatic rings. The summed E-state index contributed by atoms with van der Waals surface area (Å²) in [6.07, 6.45) is 2.30. The molecule has 1 atom stereocenters. The maximum Gasteiger partial charge on any atom is 0.0306 e. The number of fused-ring (bicyclic) bond motifs is 1. The zero-order valence-corrected chi connectivity index (χ0v) is 10.6. The largest absolute Gasteiger partial charge is 0.152 e. The van der Waals surface area contributed by atoms with Gasteiger partial charge >= 0.3 is 0 Å². The summed E-state index contributed by atoms with van der Waals surface area (Å²) in [7, 11) is 0.